The highest BCUT2D eigenvalue weighted by Gasteiger charge is 2.21. The summed E-state index contributed by atoms with van der Waals surface area (Å²) >= 11 is 0. The monoisotopic (exact) mass is 514 g/mol. The van der Waals surface area contributed by atoms with Crippen LogP contribution in [0, 0.1) is 5.82 Å². The van der Waals surface area contributed by atoms with Gasteiger partial charge in [0.2, 0.25) is 0 Å². The summed E-state index contributed by atoms with van der Waals surface area (Å²) in [5.41, 5.74) is 0.779. The molecule has 0 saturated heterocycles. The van der Waals surface area contributed by atoms with Crippen molar-refractivity contribution in [3.63, 3.8) is 0 Å². The van der Waals surface area contributed by atoms with Gasteiger partial charge in [0.25, 0.3) is 27.7 Å². The van der Waals surface area contributed by atoms with Crippen molar-refractivity contribution in [2.45, 2.75) is 11.3 Å². The molecule has 10 nitrogen and oxygen atoms in total. The van der Waals surface area contributed by atoms with E-state index in [0.717, 1.165) is 17.8 Å². The summed E-state index contributed by atoms with van der Waals surface area (Å²) in [6.07, 6.45) is 1.50. The lowest BCUT2D eigenvalue weighted by Crippen LogP contribution is -2.31. The molecule has 2 aromatic carbocycles. The molecule has 1 aromatic heterocycles. The van der Waals surface area contributed by atoms with E-state index in [4.69, 9.17) is 5.11 Å². The number of sulfonamides is 1. The van der Waals surface area contributed by atoms with Crippen molar-refractivity contribution in [2.24, 2.45) is 0 Å². The molecule has 36 heavy (non-hydrogen) atoms. The van der Waals surface area contributed by atoms with Gasteiger partial charge in [0.05, 0.1) is 17.1 Å². The third kappa shape index (κ3) is 7.17. The fourth-order valence-corrected chi connectivity index (χ4v) is 4.06. The van der Waals surface area contributed by atoms with E-state index in [0.29, 0.717) is 6.42 Å². The number of aliphatic hydroxyl groups is 1. The van der Waals surface area contributed by atoms with Crippen molar-refractivity contribution in [1.82, 2.24) is 20.3 Å². The van der Waals surface area contributed by atoms with Crippen LogP contribution in [-0.2, 0) is 16.4 Å². The number of aliphatic hydroxyl groups excluding tert-OH is 1. The molecular formula is C24H23FN4O6S. The average Bonchev–Trinajstić information content (AvgIpc) is 2.88. The lowest BCUT2D eigenvalue weighted by atomic mass is 10.1. The smallest absolute Gasteiger partial charge is 0.269 e. The first-order valence-corrected chi connectivity index (χ1v) is 12.2. The van der Waals surface area contributed by atoms with Crippen molar-refractivity contribution < 1.29 is 32.3 Å². The topological polar surface area (TPSA) is 155 Å². The first kappa shape index (κ1) is 26.4. The van der Waals surface area contributed by atoms with E-state index in [-0.39, 0.29) is 47.2 Å². The predicted octanol–water partition coefficient (Wildman–Crippen LogP) is 1.03. The van der Waals surface area contributed by atoms with Crippen LogP contribution < -0.4 is 15.4 Å². The summed E-state index contributed by atoms with van der Waals surface area (Å²) in [5.74, 6) is -2.40. The molecule has 0 bridgehead atoms. The second-order valence-electron chi connectivity index (χ2n) is 7.51. The van der Waals surface area contributed by atoms with Crippen molar-refractivity contribution in [1.29, 1.82) is 0 Å². The van der Waals surface area contributed by atoms with Crippen LogP contribution in [0.2, 0.25) is 0 Å². The van der Waals surface area contributed by atoms with Crippen molar-refractivity contribution in [3.05, 3.63) is 95.1 Å². The normalized spacial score (nSPS) is 10.9. The molecule has 3 rings (SSSR count). The maximum Gasteiger partial charge on any atom is 0.269 e. The molecule has 4 N–H and O–H groups in total. The Morgan fingerprint density at radius 2 is 1.58 bits per heavy atom. The molecule has 0 aliphatic rings. The van der Waals surface area contributed by atoms with Gasteiger partial charge in [-0.15, -0.1) is 0 Å². The number of halogens is 1. The molecule has 3 aromatic rings. The summed E-state index contributed by atoms with van der Waals surface area (Å²) in [7, 11) is -4.32. The first-order valence-electron chi connectivity index (χ1n) is 10.7. The molecule has 0 aliphatic carbocycles. The fourth-order valence-electron chi connectivity index (χ4n) is 3.04. The number of pyridine rings is 1. The van der Waals surface area contributed by atoms with Gasteiger partial charge in [0.1, 0.15) is 11.5 Å². The summed E-state index contributed by atoms with van der Waals surface area (Å²) in [4.78, 5) is 40.2. The number of amides is 3. The van der Waals surface area contributed by atoms with Crippen molar-refractivity contribution >= 4 is 27.7 Å². The third-order valence-corrected chi connectivity index (χ3v) is 6.23. The zero-order valence-electron chi connectivity index (χ0n) is 18.9. The Balaban J connectivity index is 1.62. The molecule has 0 radical (unpaired) electrons. The fraction of sp³-hybridized carbons (Fsp3) is 0.167. The Bertz CT molecular complexity index is 1350. The van der Waals surface area contributed by atoms with Gasteiger partial charge in [0, 0.05) is 24.8 Å². The van der Waals surface area contributed by atoms with Crippen molar-refractivity contribution in [2.75, 3.05) is 19.7 Å². The van der Waals surface area contributed by atoms with Crippen LogP contribution in [0.3, 0.4) is 0 Å². The van der Waals surface area contributed by atoms with Gasteiger partial charge in [0.15, 0.2) is 0 Å². The Morgan fingerprint density at radius 3 is 2.25 bits per heavy atom. The minimum Gasteiger partial charge on any atom is -0.395 e. The highest BCUT2D eigenvalue weighted by molar-refractivity contribution is 7.90. The maximum atomic E-state index is 13.0. The van der Waals surface area contributed by atoms with Gasteiger partial charge in [-0.05, 0) is 54.4 Å². The van der Waals surface area contributed by atoms with E-state index in [1.54, 1.807) is 12.1 Å². The Labute approximate surface area is 206 Å². The van der Waals surface area contributed by atoms with Crippen LogP contribution in [0.25, 0.3) is 0 Å². The summed E-state index contributed by atoms with van der Waals surface area (Å²) in [6.45, 7) is 0.0362. The second-order valence-corrected chi connectivity index (χ2v) is 9.19. The molecular weight excluding hydrogens is 491 g/mol. The van der Waals surface area contributed by atoms with E-state index in [9.17, 15) is 27.2 Å². The minimum atomic E-state index is -4.32. The lowest BCUT2D eigenvalue weighted by molar-refractivity contribution is 0.0934. The SMILES string of the molecule is O=C(NCCc1ccc(F)cc1)c1cccc(S(=O)(=O)NC(=O)c2ccc(C(=O)NCCO)nc2)c1. The largest absolute Gasteiger partial charge is 0.395 e. The number of nitrogens with zero attached hydrogens (tertiary/aromatic N) is 1. The van der Waals surface area contributed by atoms with Gasteiger partial charge in [-0.25, -0.2) is 17.5 Å². The lowest BCUT2D eigenvalue weighted by Gasteiger charge is -2.10. The number of carbonyl (C=O) groups is 3. The molecule has 0 aliphatic heterocycles. The average molecular weight is 515 g/mol. The summed E-state index contributed by atoms with van der Waals surface area (Å²) in [6, 6.07) is 13.5. The van der Waals surface area contributed by atoms with Crippen LogP contribution in [0.1, 0.15) is 36.8 Å². The number of hydrogen-bond donors (Lipinski definition) is 4. The zero-order chi connectivity index (χ0) is 26.1. The number of nitrogens with one attached hydrogen (secondary N) is 3. The van der Waals surface area contributed by atoms with Crippen molar-refractivity contribution in [3.8, 4) is 0 Å². The Hall–Kier alpha value is -4.16. The standard InChI is InChI=1S/C24H23FN4O6S/c25-19-7-4-16(5-8-19)10-11-26-22(31)17-2-1-3-20(14-17)36(34,35)29-23(32)18-6-9-21(28-15-18)24(33)27-12-13-30/h1-9,14-15,30H,10-13H2,(H,26,31)(H,27,33)(H,29,32). The molecule has 1 heterocycles. The maximum absolute atomic E-state index is 13.0. The minimum absolute atomic E-state index is 0.0130. The van der Waals surface area contributed by atoms with Gasteiger partial charge in [-0.3, -0.25) is 19.4 Å². The predicted molar refractivity (Wildman–Crippen MR) is 127 cm³/mol. The van der Waals surface area contributed by atoms with E-state index < -0.39 is 27.7 Å². The van der Waals surface area contributed by atoms with Gasteiger partial charge >= 0.3 is 0 Å². The Morgan fingerprint density at radius 1 is 0.861 bits per heavy atom. The van der Waals surface area contributed by atoms with E-state index in [1.165, 1.54) is 42.5 Å². The van der Waals surface area contributed by atoms with Crippen LogP contribution in [0.15, 0.2) is 71.8 Å². The van der Waals surface area contributed by atoms with Crippen LogP contribution in [0.5, 0.6) is 0 Å². The second kappa shape index (κ2) is 12.0. The molecule has 0 atom stereocenters. The van der Waals surface area contributed by atoms with Crippen LogP contribution in [-0.4, -0.2) is 55.9 Å². The molecule has 3 amide bonds. The van der Waals surface area contributed by atoms with E-state index in [2.05, 4.69) is 15.6 Å². The van der Waals surface area contributed by atoms with Crippen LogP contribution in [0.4, 0.5) is 4.39 Å². The summed E-state index contributed by atoms with van der Waals surface area (Å²) in [5, 5.41) is 13.8. The number of aromatic nitrogens is 1. The van der Waals surface area contributed by atoms with Crippen LogP contribution >= 0.6 is 0 Å². The number of carbonyl (C=O) groups excluding carboxylic acids is 3. The Kier molecular flexibility index (Phi) is 8.81. The summed E-state index contributed by atoms with van der Waals surface area (Å²) < 4.78 is 40.3. The van der Waals surface area contributed by atoms with E-state index >= 15 is 0 Å². The molecule has 188 valence electrons. The number of rotatable bonds is 10. The molecule has 0 saturated carbocycles. The zero-order valence-corrected chi connectivity index (χ0v) is 19.7. The van der Waals surface area contributed by atoms with Gasteiger partial charge < -0.3 is 15.7 Å². The molecule has 0 spiro atoms. The van der Waals surface area contributed by atoms with E-state index in [1.807, 2.05) is 4.72 Å². The number of hydrogen-bond acceptors (Lipinski definition) is 7. The van der Waals surface area contributed by atoms with Gasteiger partial charge in [-0.1, -0.05) is 18.2 Å². The third-order valence-electron chi connectivity index (χ3n) is 4.90. The molecule has 12 heteroatoms. The highest BCUT2D eigenvalue weighted by atomic mass is 32.2. The molecule has 0 unspecified atom stereocenters. The first-order chi connectivity index (χ1) is 17.2. The van der Waals surface area contributed by atoms with Gasteiger partial charge in [-0.2, -0.15) is 0 Å². The number of benzene rings is 2. The highest BCUT2D eigenvalue weighted by Crippen LogP contribution is 2.13. The quantitative estimate of drug-likeness (QED) is 0.315. The molecule has 0 fully saturated rings.